The van der Waals surface area contributed by atoms with Gasteiger partial charge in [-0.1, -0.05) is 18.2 Å². The van der Waals surface area contributed by atoms with Crippen LogP contribution in [0.3, 0.4) is 0 Å². The van der Waals surface area contributed by atoms with Crippen LogP contribution in [0.2, 0.25) is 0 Å². The average molecular weight is 803 g/mol. The number of benzene rings is 1. The first-order valence-corrected chi connectivity index (χ1v) is 19.3. The highest BCUT2D eigenvalue weighted by Crippen LogP contribution is 2.35. The molecule has 19 nitrogen and oxygen atoms in total. The van der Waals surface area contributed by atoms with Gasteiger partial charge >= 0.3 is 0 Å². The number of aliphatic hydroxyl groups is 4. The van der Waals surface area contributed by atoms with E-state index in [1.807, 2.05) is 10.6 Å². The van der Waals surface area contributed by atoms with Gasteiger partial charge in [0, 0.05) is 43.1 Å². The normalized spacial score (nSPS) is 30.4. The summed E-state index contributed by atoms with van der Waals surface area (Å²) in [5.41, 5.74) is -0.623. The molecule has 10 N–H and O–H groups in total. The Morgan fingerprint density at radius 2 is 1.48 bits per heavy atom. The molecule has 0 radical (unpaired) electrons. The maximum absolute atomic E-state index is 14.4. The highest BCUT2D eigenvalue weighted by atomic mass is 32.2. The molecule has 1 aromatic carbocycles. The number of hydrogen-bond donors (Lipinski definition) is 10. The van der Waals surface area contributed by atoms with E-state index in [0.29, 0.717) is 16.0 Å². The highest BCUT2D eigenvalue weighted by Gasteiger charge is 2.45. The van der Waals surface area contributed by atoms with Crippen molar-refractivity contribution in [1.29, 1.82) is 0 Å². The van der Waals surface area contributed by atoms with Crippen LogP contribution in [0.5, 0.6) is 0 Å². The molecule has 2 aromatic rings. The minimum atomic E-state index is -1.90. The Morgan fingerprint density at radius 3 is 2.14 bits per heavy atom. The van der Waals surface area contributed by atoms with E-state index in [0.717, 1.165) is 22.2 Å². The van der Waals surface area contributed by atoms with Crippen molar-refractivity contribution in [3.8, 4) is 0 Å². The summed E-state index contributed by atoms with van der Waals surface area (Å²) < 4.78 is 1.82. The minimum absolute atomic E-state index is 0.00804. The number of carbonyl (C=O) groups excluding carboxylic acids is 7. The van der Waals surface area contributed by atoms with Gasteiger partial charge in [0.05, 0.1) is 29.4 Å². The molecule has 4 heterocycles. The molecule has 10 atom stereocenters. The summed E-state index contributed by atoms with van der Waals surface area (Å²) in [6.07, 6.45) is -3.55. The number of amides is 7. The van der Waals surface area contributed by atoms with Gasteiger partial charge < -0.3 is 61.8 Å². The maximum atomic E-state index is 14.4. The largest absolute Gasteiger partial charge is 0.393 e. The summed E-state index contributed by atoms with van der Waals surface area (Å²) in [6.45, 7) is 4.21. The van der Waals surface area contributed by atoms with E-state index in [2.05, 4.69) is 31.9 Å². The van der Waals surface area contributed by atoms with E-state index in [1.54, 1.807) is 25.2 Å². The summed E-state index contributed by atoms with van der Waals surface area (Å²) in [6, 6.07) is -2.97. The summed E-state index contributed by atoms with van der Waals surface area (Å²) in [7, 11) is 1.76. The second-order valence-corrected chi connectivity index (χ2v) is 15.9. The van der Waals surface area contributed by atoms with E-state index in [-0.39, 0.29) is 25.1 Å². The van der Waals surface area contributed by atoms with E-state index >= 15 is 0 Å². The smallest absolute Gasteiger partial charge is 0.246 e. The molecule has 56 heavy (non-hydrogen) atoms. The van der Waals surface area contributed by atoms with Crippen LogP contribution in [0.25, 0.3) is 10.9 Å². The van der Waals surface area contributed by atoms with Crippen LogP contribution in [0.4, 0.5) is 0 Å². The molecule has 20 heteroatoms. The van der Waals surface area contributed by atoms with Crippen molar-refractivity contribution in [2.45, 2.75) is 112 Å². The summed E-state index contributed by atoms with van der Waals surface area (Å²) >= 11 is 1.13. The molecular formula is C36H50N8O11S. The van der Waals surface area contributed by atoms with Crippen LogP contribution < -0.4 is 31.9 Å². The fraction of sp³-hybridized carbons (Fsp3) is 0.583. The van der Waals surface area contributed by atoms with Crippen molar-refractivity contribution >= 4 is 64.0 Å². The summed E-state index contributed by atoms with van der Waals surface area (Å²) in [5.74, 6) is -6.33. The number of hydrogen-bond acceptors (Lipinski definition) is 12. The molecule has 7 amide bonds. The standard InChI is InChI=1S/C36H50N8O11S/c1-16-28(48)39-21-12-20-19-8-6-7-9-24(19)43(5)35(20)56-14-23(34(54)44-11-10-25(47)27(44)33(53)38-16)41-32(52)26(18(3)46)42-29(49)17(2)37-31(51)22(40-30(21)50)13-36(4,55)15-45/h6-9,16-18,21-23,25-27,45-47,55H,10-15H2,1-5H3,(H,37,51)(H,38,53)(H,39,48)(H,40,50)(H,41,52)(H,42,49). The van der Waals surface area contributed by atoms with Crippen LogP contribution in [-0.2, 0) is 47.0 Å². The number of para-hydroxylation sites is 1. The molecule has 0 saturated carbocycles. The molecule has 3 aliphatic rings. The lowest BCUT2D eigenvalue weighted by Crippen LogP contribution is -2.62. The minimum Gasteiger partial charge on any atom is -0.393 e. The van der Waals surface area contributed by atoms with Crippen molar-refractivity contribution in [3.05, 3.63) is 29.8 Å². The lowest BCUT2D eigenvalue weighted by Gasteiger charge is -2.31. The SMILES string of the molecule is CC1NC(=O)C(CC(C)(O)CO)NC(=O)C2Cc3c(n(C)c4ccccc34)SCC(NC(=O)C(C(C)O)NC1=O)C(=O)N1CCC(O)C1C(=O)NC(C)C(=O)N2. The summed E-state index contributed by atoms with van der Waals surface area (Å²) in [4.78, 5) is 98.3. The van der Waals surface area contributed by atoms with Crippen molar-refractivity contribution in [1.82, 2.24) is 41.4 Å². The van der Waals surface area contributed by atoms with Crippen LogP contribution in [0, 0.1) is 0 Å². The summed E-state index contributed by atoms with van der Waals surface area (Å²) in [5, 5.41) is 58.7. The van der Waals surface area contributed by atoms with Crippen molar-refractivity contribution in [2.75, 3.05) is 18.9 Å². The van der Waals surface area contributed by atoms with E-state index in [1.165, 1.54) is 27.7 Å². The fourth-order valence-corrected chi connectivity index (χ4v) is 8.30. The second-order valence-electron chi connectivity index (χ2n) is 14.9. The molecule has 1 fully saturated rings. The van der Waals surface area contributed by atoms with Gasteiger partial charge in [-0.05, 0) is 45.7 Å². The van der Waals surface area contributed by atoms with Crippen molar-refractivity contribution in [2.24, 2.45) is 7.05 Å². The van der Waals surface area contributed by atoms with E-state index < -0.39 is 114 Å². The molecule has 1 aromatic heterocycles. The van der Waals surface area contributed by atoms with Gasteiger partial charge in [-0.15, -0.1) is 11.8 Å². The van der Waals surface area contributed by atoms with Crippen LogP contribution >= 0.6 is 11.8 Å². The number of fused-ring (bicyclic) bond motifs is 5. The first-order valence-electron chi connectivity index (χ1n) is 18.3. The molecule has 2 bridgehead atoms. The quantitative estimate of drug-likeness (QED) is 0.143. The maximum Gasteiger partial charge on any atom is 0.246 e. The Hall–Kier alpha value is -4.76. The number of carbonyl (C=O) groups is 7. The zero-order valence-electron chi connectivity index (χ0n) is 31.7. The van der Waals surface area contributed by atoms with Gasteiger partial charge in [0.15, 0.2) is 0 Å². The van der Waals surface area contributed by atoms with Crippen molar-refractivity contribution < 1.29 is 54.0 Å². The Labute approximate surface area is 326 Å². The van der Waals surface area contributed by atoms with Gasteiger partial charge in [0.25, 0.3) is 0 Å². The second kappa shape index (κ2) is 17.2. The highest BCUT2D eigenvalue weighted by molar-refractivity contribution is 7.99. The molecule has 0 spiro atoms. The first-order chi connectivity index (χ1) is 26.3. The molecule has 10 unspecified atom stereocenters. The molecule has 5 rings (SSSR count). The number of nitrogens with one attached hydrogen (secondary N) is 6. The average Bonchev–Trinajstić information content (AvgIpc) is 3.66. The van der Waals surface area contributed by atoms with Crippen LogP contribution in [0.1, 0.15) is 46.1 Å². The van der Waals surface area contributed by atoms with Crippen molar-refractivity contribution in [3.63, 3.8) is 0 Å². The number of aryl methyl sites for hydroxylation is 1. The monoisotopic (exact) mass is 802 g/mol. The van der Waals surface area contributed by atoms with E-state index in [4.69, 9.17) is 0 Å². The number of thioether (sulfide) groups is 1. The number of nitrogens with zero attached hydrogens (tertiary/aromatic N) is 2. The van der Waals surface area contributed by atoms with Gasteiger partial charge in [-0.2, -0.15) is 0 Å². The van der Waals surface area contributed by atoms with Crippen LogP contribution in [0.15, 0.2) is 29.3 Å². The fourth-order valence-electron chi connectivity index (χ4n) is 7.09. The zero-order valence-corrected chi connectivity index (χ0v) is 32.5. The lowest BCUT2D eigenvalue weighted by molar-refractivity contribution is -0.144. The van der Waals surface area contributed by atoms with Gasteiger partial charge in [0.1, 0.15) is 42.3 Å². The Kier molecular flexibility index (Phi) is 13.0. The first kappa shape index (κ1) is 42.4. The third kappa shape index (κ3) is 9.10. The third-order valence-corrected chi connectivity index (χ3v) is 11.6. The lowest BCUT2D eigenvalue weighted by atomic mass is 9.96. The van der Waals surface area contributed by atoms with Gasteiger partial charge in [-0.25, -0.2) is 0 Å². The molecule has 0 aliphatic carbocycles. The van der Waals surface area contributed by atoms with E-state index in [9.17, 15) is 54.0 Å². The number of aromatic nitrogens is 1. The molecule has 306 valence electrons. The number of rotatable bonds is 4. The predicted octanol–water partition coefficient (Wildman–Crippen LogP) is -3.74. The predicted molar refractivity (Wildman–Crippen MR) is 200 cm³/mol. The number of aliphatic hydroxyl groups excluding tert-OH is 3. The van der Waals surface area contributed by atoms with Gasteiger partial charge in [0.2, 0.25) is 41.4 Å². The molecular weight excluding hydrogens is 753 g/mol. The molecule has 3 aliphatic heterocycles. The zero-order chi connectivity index (χ0) is 41.2. The van der Waals surface area contributed by atoms with Gasteiger partial charge in [-0.3, -0.25) is 33.6 Å². The molecule has 1 saturated heterocycles. The Morgan fingerprint density at radius 1 is 0.857 bits per heavy atom. The topological polar surface area (TPSA) is 281 Å². The Bertz CT molecular complexity index is 1890. The van der Waals surface area contributed by atoms with Crippen LogP contribution in [-0.4, -0.2) is 150 Å². The third-order valence-electron chi connectivity index (χ3n) is 10.3. The Balaban J connectivity index is 1.72.